The number of hydrogen-bond donors (Lipinski definition) is 1. The summed E-state index contributed by atoms with van der Waals surface area (Å²) in [6.45, 7) is 4.51. The Morgan fingerprint density at radius 1 is 1.21 bits per heavy atom. The van der Waals surface area contributed by atoms with Crippen LogP contribution in [-0.2, 0) is 14.8 Å². The maximum absolute atomic E-state index is 13.3. The molecule has 7 nitrogen and oxygen atoms in total. The fourth-order valence-electron chi connectivity index (χ4n) is 4.51. The van der Waals surface area contributed by atoms with Crippen molar-refractivity contribution < 1.29 is 22.7 Å². The van der Waals surface area contributed by atoms with Crippen molar-refractivity contribution in [3.05, 3.63) is 53.1 Å². The van der Waals surface area contributed by atoms with Crippen LogP contribution in [0, 0.1) is 5.92 Å². The summed E-state index contributed by atoms with van der Waals surface area (Å²) in [4.78, 5) is 13.5. The molecule has 0 unspecified atom stereocenters. The third-order valence-electron chi connectivity index (χ3n) is 6.20. The summed E-state index contributed by atoms with van der Waals surface area (Å²) in [5.41, 5.74) is 0.416. The third kappa shape index (κ3) is 5.13. The van der Waals surface area contributed by atoms with E-state index in [-0.39, 0.29) is 23.4 Å². The number of fused-ring (bicyclic) bond motifs is 1. The summed E-state index contributed by atoms with van der Waals surface area (Å²) < 4.78 is 39.0. The number of ether oxygens (including phenoxy) is 2. The zero-order valence-corrected chi connectivity index (χ0v) is 20.6. The van der Waals surface area contributed by atoms with E-state index < -0.39 is 21.5 Å². The van der Waals surface area contributed by atoms with Crippen molar-refractivity contribution in [3.63, 3.8) is 0 Å². The number of carbonyl (C=O) groups excluding carboxylic acids is 1. The lowest BCUT2D eigenvalue weighted by molar-refractivity contribution is -0.127. The van der Waals surface area contributed by atoms with Gasteiger partial charge in [0.05, 0.1) is 24.0 Å². The Bertz CT molecular complexity index is 1130. The molecule has 1 amide bonds. The average molecular weight is 493 g/mol. The Labute approximate surface area is 200 Å². The van der Waals surface area contributed by atoms with Crippen molar-refractivity contribution in [2.24, 2.45) is 5.92 Å². The second kappa shape index (κ2) is 9.16. The van der Waals surface area contributed by atoms with E-state index in [4.69, 9.17) is 21.1 Å². The van der Waals surface area contributed by atoms with Crippen LogP contribution in [-0.4, -0.2) is 44.4 Å². The van der Waals surface area contributed by atoms with Crippen molar-refractivity contribution in [1.29, 1.82) is 0 Å². The molecule has 0 spiro atoms. The van der Waals surface area contributed by atoms with Crippen LogP contribution < -0.4 is 14.8 Å². The Balaban J connectivity index is 1.51. The Kier molecular flexibility index (Phi) is 6.62. The van der Waals surface area contributed by atoms with Crippen molar-refractivity contribution >= 4 is 27.5 Å². The zero-order chi connectivity index (χ0) is 23.8. The molecule has 0 aromatic heterocycles. The van der Waals surface area contributed by atoms with E-state index in [0.29, 0.717) is 42.3 Å². The van der Waals surface area contributed by atoms with Crippen molar-refractivity contribution in [2.45, 2.75) is 49.6 Å². The van der Waals surface area contributed by atoms with Crippen LogP contribution in [0.4, 0.5) is 0 Å². The molecule has 0 aliphatic carbocycles. The van der Waals surface area contributed by atoms with Crippen molar-refractivity contribution in [2.75, 3.05) is 20.2 Å². The van der Waals surface area contributed by atoms with Crippen LogP contribution in [0.15, 0.2) is 47.4 Å². The first kappa shape index (κ1) is 23.9. The lowest BCUT2D eigenvalue weighted by Crippen LogP contribution is -2.48. The van der Waals surface area contributed by atoms with Crippen LogP contribution in [0.1, 0.15) is 44.7 Å². The van der Waals surface area contributed by atoms with Gasteiger partial charge in [-0.25, -0.2) is 8.42 Å². The number of piperidine rings is 1. The summed E-state index contributed by atoms with van der Waals surface area (Å²) in [6, 6.07) is 11.4. The molecule has 0 bridgehead atoms. The lowest BCUT2D eigenvalue weighted by Gasteiger charge is -2.39. The average Bonchev–Trinajstić information content (AvgIpc) is 2.78. The molecule has 0 radical (unpaired) electrons. The molecular formula is C24H29ClN2O5S. The van der Waals surface area contributed by atoms with E-state index in [0.717, 1.165) is 5.56 Å². The number of nitrogens with one attached hydrogen (secondary N) is 1. The van der Waals surface area contributed by atoms with Crippen LogP contribution in [0.25, 0.3) is 0 Å². The van der Waals surface area contributed by atoms with E-state index in [9.17, 15) is 13.2 Å². The standard InChI is InChI=1S/C24H29ClN2O5S/c1-24(2)14-21(20-13-18(31-3)8-11-22(20)32-24)26-23(28)16-5-4-12-27(15-16)33(29,30)19-9-6-17(25)7-10-19/h6-11,13,16,21H,4-5,12,14-15H2,1-3H3,(H,26,28)/t16-,21-/m0/s1. The fraction of sp³-hybridized carbons (Fsp3) is 0.458. The molecule has 2 heterocycles. The maximum Gasteiger partial charge on any atom is 0.243 e. The van der Waals surface area contributed by atoms with Gasteiger partial charge in [0.25, 0.3) is 0 Å². The lowest BCUT2D eigenvalue weighted by atomic mass is 9.88. The fourth-order valence-corrected chi connectivity index (χ4v) is 6.16. The molecule has 2 aromatic carbocycles. The number of hydrogen-bond acceptors (Lipinski definition) is 5. The van der Waals surface area contributed by atoms with Gasteiger partial charge in [-0.15, -0.1) is 0 Å². The van der Waals surface area contributed by atoms with Gasteiger partial charge in [0.1, 0.15) is 17.1 Å². The number of methoxy groups -OCH3 is 1. The van der Waals surface area contributed by atoms with Crippen LogP contribution in [0.3, 0.4) is 0 Å². The number of benzene rings is 2. The van der Waals surface area contributed by atoms with Gasteiger partial charge in [-0.05, 0) is 69.2 Å². The molecule has 33 heavy (non-hydrogen) atoms. The van der Waals surface area contributed by atoms with Crippen LogP contribution in [0.5, 0.6) is 11.5 Å². The number of carbonyl (C=O) groups is 1. The summed E-state index contributed by atoms with van der Waals surface area (Å²) in [5.74, 6) is 0.824. The minimum Gasteiger partial charge on any atom is -0.497 e. The van der Waals surface area contributed by atoms with E-state index in [2.05, 4.69) is 5.32 Å². The molecule has 2 aliphatic rings. The van der Waals surface area contributed by atoms with Gasteiger partial charge in [0.2, 0.25) is 15.9 Å². The first-order chi connectivity index (χ1) is 15.6. The smallest absolute Gasteiger partial charge is 0.243 e. The number of sulfonamides is 1. The predicted molar refractivity (Wildman–Crippen MR) is 126 cm³/mol. The highest BCUT2D eigenvalue weighted by molar-refractivity contribution is 7.89. The van der Waals surface area contributed by atoms with Gasteiger partial charge in [0.15, 0.2) is 0 Å². The van der Waals surface area contributed by atoms with Gasteiger partial charge in [-0.3, -0.25) is 4.79 Å². The quantitative estimate of drug-likeness (QED) is 0.677. The molecule has 2 aromatic rings. The second-order valence-electron chi connectivity index (χ2n) is 9.19. The Morgan fingerprint density at radius 3 is 2.64 bits per heavy atom. The van der Waals surface area contributed by atoms with E-state index >= 15 is 0 Å². The molecule has 2 atom stereocenters. The highest BCUT2D eigenvalue weighted by atomic mass is 35.5. The summed E-state index contributed by atoms with van der Waals surface area (Å²) in [5, 5.41) is 3.63. The highest BCUT2D eigenvalue weighted by Gasteiger charge is 2.38. The summed E-state index contributed by atoms with van der Waals surface area (Å²) >= 11 is 5.90. The number of nitrogens with zero attached hydrogens (tertiary/aromatic N) is 1. The van der Waals surface area contributed by atoms with Gasteiger partial charge in [0, 0.05) is 30.1 Å². The predicted octanol–water partition coefficient (Wildman–Crippen LogP) is 4.17. The van der Waals surface area contributed by atoms with Crippen LogP contribution >= 0.6 is 11.6 Å². The van der Waals surface area contributed by atoms with E-state index in [1.54, 1.807) is 19.2 Å². The molecule has 1 N–H and O–H groups in total. The molecule has 178 valence electrons. The molecule has 4 rings (SSSR count). The van der Waals surface area contributed by atoms with Gasteiger partial charge in [-0.2, -0.15) is 4.31 Å². The van der Waals surface area contributed by atoms with E-state index in [1.165, 1.54) is 16.4 Å². The minimum atomic E-state index is -3.70. The maximum atomic E-state index is 13.3. The SMILES string of the molecule is COc1ccc2c(c1)[C@@H](NC(=O)[C@H]1CCCN(S(=O)(=O)c3ccc(Cl)cc3)C1)CC(C)(C)O2. The molecule has 9 heteroatoms. The molecule has 1 saturated heterocycles. The largest absolute Gasteiger partial charge is 0.497 e. The highest BCUT2D eigenvalue weighted by Crippen LogP contribution is 2.41. The first-order valence-electron chi connectivity index (χ1n) is 11.0. The summed E-state index contributed by atoms with van der Waals surface area (Å²) in [7, 11) is -2.10. The summed E-state index contributed by atoms with van der Waals surface area (Å²) in [6.07, 6.45) is 1.85. The Morgan fingerprint density at radius 2 is 1.94 bits per heavy atom. The van der Waals surface area contributed by atoms with Gasteiger partial charge in [-0.1, -0.05) is 11.6 Å². The van der Waals surface area contributed by atoms with Crippen molar-refractivity contribution in [3.8, 4) is 11.5 Å². The Hall–Kier alpha value is -2.29. The van der Waals surface area contributed by atoms with Gasteiger partial charge >= 0.3 is 0 Å². The number of amides is 1. The molecule has 1 fully saturated rings. The topological polar surface area (TPSA) is 84.9 Å². The second-order valence-corrected chi connectivity index (χ2v) is 11.6. The van der Waals surface area contributed by atoms with Gasteiger partial charge < -0.3 is 14.8 Å². The van der Waals surface area contributed by atoms with Crippen LogP contribution in [0.2, 0.25) is 5.02 Å². The number of halogens is 1. The first-order valence-corrected chi connectivity index (χ1v) is 12.8. The number of rotatable bonds is 5. The molecule has 2 aliphatic heterocycles. The van der Waals surface area contributed by atoms with E-state index in [1.807, 2.05) is 32.0 Å². The van der Waals surface area contributed by atoms with Crippen molar-refractivity contribution in [1.82, 2.24) is 9.62 Å². The zero-order valence-electron chi connectivity index (χ0n) is 19.0. The normalized spacial score (nSPS) is 22.7. The molecule has 0 saturated carbocycles. The minimum absolute atomic E-state index is 0.147. The molecular weight excluding hydrogens is 464 g/mol. The third-order valence-corrected chi connectivity index (χ3v) is 8.33. The monoisotopic (exact) mass is 492 g/mol.